The lowest BCUT2D eigenvalue weighted by molar-refractivity contribution is -0.118. The Labute approximate surface area is 255 Å². The number of nitrogens with zero attached hydrogens (tertiary/aromatic N) is 6. The van der Waals surface area contributed by atoms with E-state index in [0.29, 0.717) is 37.8 Å². The fourth-order valence-electron chi connectivity index (χ4n) is 5.69. The number of hydrogen-bond donors (Lipinski definition) is 0. The molecular weight excluding hydrogens is 536 g/mol. The van der Waals surface area contributed by atoms with Crippen LogP contribution in [0.2, 0.25) is 0 Å². The molecule has 224 valence electrons. The van der Waals surface area contributed by atoms with Gasteiger partial charge in [0, 0.05) is 38.4 Å². The zero-order chi connectivity index (χ0) is 30.3. The number of rotatable bonds is 6. The molecule has 0 spiro atoms. The molecule has 0 saturated carbocycles. The number of aryl methyl sites for hydroxylation is 2. The van der Waals surface area contributed by atoms with Gasteiger partial charge in [0.25, 0.3) is 5.91 Å². The molecule has 2 amide bonds. The molecule has 4 aromatic rings. The molecule has 1 aliphatic rings. The van der Waals surface area contributed by atoms with E-state index in [2.05, 4.69) is 28.8 Å². The van der Waals surface area contributed by atoms with Gasteiger partial charge in [-0.3, -0.25) is 9.59 Å². The van der Waals surface area contributed by atoms with Crippen molar-refractivity contribution in [1.29, 1.82) is 0 Å². The Morgan fingerprint density at radius 3 is 2.30 bits per heavy atom. The molecule has 0 saturated heterocycles. The van der Waals surface area contributed by atoms with Gasteiger partial charge in [-0.25, -0.2) is 9.67 Å². The van der Waals surface area contributed by atoms with Gasteiger partial charge in [0.2, 0.25) is 11.7 Å². The maximum atomic E-state index is 14.1. The Morgan fingerprint density at radius 1 is 0.837 bits per heavy atom. The van der Waals surface area contributed by atoms with Crippen LogP contribution in [0, 0.1) is 19.8 Å². The summed E-state index contributed by atoms with van der Waals surface area (Å²) in [6, 6.07) is 25.9. The van der Waals surface area contributed by atoms with Crippen molar-refractivity contribution < 1.29 is 9.59 Å². The van der Waals surface area contributed by atoms with Gasteiger partial charge in [-0.05, 0) is 62.1 Å². The molecule has 8 nitrogen and oxygen atoms in total. The number of carbonyl (C=O) groups is 2. The van der Waals surface area contributed by atoms with Crippen molar-refractivity contribution in [3.63, 3.8) is 0 Å². The normalized spacial score (nSPS) is 14.8. The molecule has 0 fully saturated rings. The highest BCUT2D eigenvalue weighted by atomic mass is 16.2. The average Bonchev–Trinajstić information content (AvgIpc) is 3.37. The lowest BCUT2D eigenvalue weighted by atomic mass is 10.1. The van der Waals surface area contributed by atoms with E-state index in [9.17, 15) is 9.59 Å². The Bertz CT molecular complexity index is 1530. The van der Waals surface area contributed by atoms with E-state index in [1.807, 2.05) is 103 Å². The summed E-state index contributed by atoms with van der Waals surface area (Å²) in [5.74, 6) is 1.16. The fourth-order valence-corrected chi connectivity index (χ4v) is 5.69. The van der Waals surface area contributed by atoms with E-state index in [0.717, 1.165) is 54.1 Å². The minimum Gasteiger partial charge on any atom is -0.330 e. The van der Waals surface area contributed by atoms with Crippen molar-refractivity contribution in [2.75, 3.05) is 37.6 Å². The van der Waals surface area contributed by atoms with Gasteiger partial charge in [-0.2, -0.15) is 0 Å². The largest absolute Gasteiger partial charge is 0.330 e. The van der Waals surface area contributed by atoms with Crippen LogP contribution in [0.5, 0.6) is 0 Å². The van der Waals surface area contributed by atoms with E-state index in [4.69, 9.17) is 0 Å². The standard InChI is InChI=1S/C35H42N6O2/c1-26(2)24-38-19-10-20-40(33(42)23-29-11-6-5-7-12-29)32-14-9-8-13-30(32)25-39(22-21-38)35(43)34-36-28(4)41(37-34)31-17-15-27(3)16-18-31/h5-9,11-18,26H,10,19-25H2,1-4H3. The van der Waals surface area contributed by atoms with Crippen molar-refractivity contribution in [1.82, 2.24) is 24.6 Å². The first kappa shape index (κ1) is 30.2. The second-order valence-corrected chi connectivity index (χ2v) is 11.8. The topological polar surface area (TPSA) is 74.6 Å². The Hall–Kier alpha value is -4.30. The summed E-state index contributed by atoms with van der Waals surface area (Å²) in [4.78, 5) is 38.6. The predicted octanol–water partition coefficient (Wildman–Crippen LogP) is 5.46. The molecule has 2 heterocycles. The van der Waals surface area contributed by atoms with Crippen LogP contribution in [0.1, 0.15) is 53.4 Å². The van der Waals surface area contributed by atoms with Gasteiger partial charge in [-0.15, -0.1) is 5.10 Å². The lowest BCUT2D eigenvalue weighted by Gasteiger charge is -2.28. The van der Waals surface area contributed by atoms with Crippen molar-refractivity contribution in [2.45, 2.75) is 47.1 Å². The highest BCUT2D eigenvalue weighted by molar-refractivity contribution is 5.96. The number of anilines is 1. The third-order valence-electron chi connectivity index (χ3n) is 7.83. The second kappa shape index (κ2) is 13.8. The fraction of sp³-hybridized carbons (Fsp3) is 0.371. The average molecular weight is 579 g/mol. The number of benzene rings is 3. The first-order valence-corrected chi connectivity index (χ1v) is 15.2. The van der Waals surface area contributed by atoms with Crippen molar-refractivity contribution >= 4 is 17.5 Å². The molecule has 3 aromatic carbocycles. The van der Waals surface area contributed by atoms with E-state index < -0.39 is 0 Å². The molecule has 0 atom stereocenters. The van der Waals surface area contributed by atoms with Crippen LogP contribution in [0.15, 0.2) is 78.9 Å². The SMILES string of the molecule is Cc1ccc(-n2nc(C(=O)N3CCN(CC(C)C)CCCN(C(=O)Cc4ccccc4)c4ccccc4C3)nc2C)cc1. The molecule has 0 radical (unpaired) electrons. The van der Waals surface area contributed by atoms with Crippen LogP contribution in [0.4, 0.5) is 5.69 Å². The van der Waals surface area contributed by atoms with Crippen molar-refractivity contribution in [3.05, 3.63) is 107 Å². The van der Waals surface area contributed by atoms with Crippen LogP contribution in [-0.4, -0.2) is 69.1 Å². The third-order valence-corrected chi connectivity index (χ3v) is 7.83. The van der Waals surface area contributed by atoms with Gasteiger partial charge >= 0.3 is 0 Å². The Morgan fingerprint density at radius 2 is 1.56 bits per heavy atom. The van der Waals surface area contributed by atoms with Gasteiger partial charge in [0.05, 0.1) is 12.1 Å². The number of hydrogen-bond acceptors (Lipinski definition) is 5. The quantitative estimate of drug-likeness (QED) is 0.304. The van der Waals surface area contributed by atoms with Gasteiger partial charge < -0.3 is 14.7 Å². The number of amides is 2. The smallest absolute Gasteiger partial charge is 0.293 e. The summed E-state index contributed by atoms with van der Waals surface area (Å²) in [5, 5.41) is 4.65. The maximum absolute atomic E-state index is 14.1. The summed E-state index contributed by atoms with van der Waals surface area (Å²) in [7, 11) is 0. The van der Waals surface area contributed by atoms with Gasteiger partial charge in [0.1, 0.15) is 5.82 Å². The van der Waals surface area contributed by atoms with Crippen molar-refractivity contribution in [3.8, 4) is 5.69 Å². The maximum Gasteiger partial charge on any atom is 0.293 e. The number of fused-ring (bicyclic) bond motifs is 1. The van der Waals surface area contributed by atoms with Crippen LogP contribution >= 0.6 is 0 Å². The van der Waals surface area contributed by atoms with Crippen LogP contribution in [-0.2, 0) is 17.8 Å². The first-order chi connectivity index (χ1) is 20.8. The molecule has 0 aliphatic carbocycles. The Kier molecular flexibility index (Phi) is 9.67. The lowest BCUT2D eigenvalue weighted by Crippen LogP contribution is -2.40. The number of carbonyl (C=O) groups excluding carboxylic acids is 2. The van der Waals surface area contributed by atoms with Crippen LogP contribution < -0.4 is 4.90 Å². The second-order valence-electron chi connectivity index (χ2n) is 11.8. The number of para-hydroxylation sites is 1. The molecule has 43 heavy (non-hydrogen) atoms. The Balaban J connectivity index is 1.47. The van der Waals surface area contributed by atoms with E-state index in [1.54, 1.807) is 4.68 Å². The minimum atomic E-state index is -0.213. The molecule has 8 heteroatoms. The van der Waals surface area contributed by atoms with E-state index in [1.165, 1.54) is 0 Å². The monoisotopic (exact) mass is 578 g/mol. The molecule has 0 N–H and O–H groups in total. The molecule has 5 rings (SSSR count). The van der Waals surface area contributed by atoms with Crippen LogP contribution in [0.25, 0.3) is 5.69 Å². The van der Waals surface area contributed by atoms with E-state index in [-0.39, 0.29) is 17.6 Å². The molecule has 1 aliphatic heterocycles. The van der Waals surface area contributed by atoms with Gasteiger partial charge in [0.15, 0.2) is 0 Å². The summed E-state index contributed by atoms with van der Waals surface area (Å²) in [6.07, 6.45) is 1.17. The number of aromatic nitrogens is 3. The third kappa shape index (κ3) is 7.56. The summed E-state index contributed by atoms with van der Waals surface area (Å²) < 4.78 is 1.72. The molecule has 1 aromatic heterocycles. The zero-order valence-corrected chi connectivity index (χ0v) is 25.7. The highest BCUT2D eigenvalue weighted by Gasteiger charge is 2.27. The van der Waals surface area contributed by atoms with Gasteiger partial charge in [-0.1, -0.05) is 80.1 Å². The first-order valence-electron chi connectivity index (χ1n) is 15.2. The summed E-state index contributed by atoms with van der Waals surface area (Å²) in [6.45, 7) is 12.4. The molecule has 0 bridgehead atoms. The molecular formula is C35H42N6O2. The predicted molar refractivity (Wildman–Crippen MR) is 170 cm³/mol. The van der Waals surface area contributed by atoms with Crippen LogP contribution in [0.3, 0.4) is 0 Å². The zero-order valence-electron chi connectivity index (χ0n) is 25.7. The van der Waals surface area contributed by atoms with Crippen molar-refractivity contribution in [2.24, 2.45) is 5.92 Å². The van der Waals surface area contributed by atoms with E-state index >= 15 is 0 Å². The molecule has 0 unspecified atom stereocenters. The summed E-state index contributed by atoms with van der Waals surface area (Å²) in [5.41, 5.74) is 4.80. The summed E-state index contributed by atoms with van der Waals surface area (Å²) >= 11 is 0. The highest BCUT2D eigenvalue weighted by Crippen LogP contribution is 2.25. The minimum absolute atomic E-state index is 0.0558.